The molecule has 1 aliphatic heterocycles. The molecule has 1 saturated carbocycles. The van der Waals surface area contributed by atoms with Crippen LogP contribution in [0.2, 0.25) is 0 Å². The Morgan fingerprint density at radius 3 is 2.46 bits per heavy atom. The largest absolute Gasteiger partial charge is 0.300 e. The van der Waals surface area contributed by atoms with Gasteiger partial charge < -0.3 is 4.90 Å². The fourth-order valence-electron chi connectivity index (χ4n) is 1.91. The zero-order valence-electron chi connectivity index (χ0n) is 7.80. The third-order valence-corrected chi connectivity index (χ3v) is 3.07. The number of alkyl halides is 1. The van der Waals surface area contributed by atoms with E-state index in [1.54, 1.807) is 0 Å². The van der Waals surface area contributed by atoms with Crippen LogP contribution < -0.4 is 0 Å². The molecule has 0 spiro atoms. The molecular formula is C10H15FN2. The first-order valence-electron chi connectivity index (χ1n) is 5.03. The van der Waals surface area contributed by atoms with Crippen LogP contribution in [0.1, 0.15) is 25.7 Å². The van der Waals surface area contributed by atoms with Crippen LogP contribution in [0.3, 0.4) is 0 Å². The minimum Gasteiger partial charge on any atom is -0.300 e. The van der Waals surface area contributed by atoms with E-state index in [1.165, 1.54) is 0 Å². The van der Waals surface area contributed by atoms with Gasteiger partial charge in [0.1, 0.15) is 5.67 Å². The summed E-state index contributed by atoms with van der Waals surface area (Å²) in [6.07, 6.45) is 3.33. The Morgan fingerprint density at radius 2 is 2.00 bits per heavy atom. The van der Waals surface area contributed by atoms with Crippen LogP contribution in [-0.2, 0) is 0 Å². The van der Waals surface area contributed by atoms with Crippen molar-refractivity contribution in [3.05, 3.63) is 0 Å². The number of nitrogens with zero attached hydrogens (tertiary/aromatic N) is 2. The molecule has 13 heavy (non-hydrogen) atoms. The number of hydrogen-bond acceptors (Lipinski definition) is 2. The smallest absolute Gasteiger partial charge is 0.123 e. The van der Waals surface area contributed by atoms with Gasteiger partial charge in [0.2, 0.25) is 0 Å². The summed E-state index contributed by atoms with van der Waals surface area (Å²) < 4.78 is 13.4. The second kappa shape index (κ2) is 3.26. The van der Waals surface area contributed by atoms with Gasteiger partial charge in [0.25, 0.3) is 0 Å². The molecule has 0 aromatic rings. The summed E-state index contributed by atoms with van der Waals surface area (Å²) in [7, 11) is 0. The maximum Gasteiger partial charge on any atom is 0.123 e. The first-order valence-corrected chi connectivity index (χ1v) is 5.03. The summed E-state index contributed by atoms with van der Waals surface area (Å²) in [6, 6.07) is 2.28. The Labute approximate surface area is 78.3 Å². The van der Waals surface area contributed by atoms with Crippen LogP contribution in [-0.4, -0.2) is 30.2 Å². The van der Waals surface area contributed by atoms with E-state index in [0.717, 1.165) is 38.8 Å². The maximum atomic E-state index is 13.4. The highest BCUT2D eigenvalue weighted by Gasteiger charge is 2.44. The molecule has 72 valence electrons. The monoisotopic (exact) mass is 182 g/mol. The van der Waals surface area contributed by atoms with E-state index in [9.17, 15) is 4.39 Å². The van der Waals surface area contributed by atoms with Crippen molar-refractivity contribution in [1.29, 1.82) is 5.26 Å². The molecule has 1 aliphatic carbocycles. The van der Waals surface area contributed by atoms with Crippen molar-refractivity contribution in [3.63, 3.8) is 0 Å². The van der Waals surface area contributed by atoms with Gasteiger partial charge in [-0.25, -0.2) is 4.39 Å². The predicted octanol–water partition coefficient (Wildman–Crippen LogP) is 1.72. The van der Waals surface area contributed by atoms with E-state index in [4.69, 9.17) is 5.26 Å². The van der Waals surface area contributed by atoms with Crippen molar-refractivity contribution in [3.8, 4) is 6.07 Å². The molecule has 1 saturated heterocycles. The molecule has 2 fully saturated rings. The van der Waals surface area contributed by atoms with Crippen LogP contribution >= 0.6 is 0 Å². The van der Waals surface area contributed by atoms with E-state index in [2.05, 4.69) is 11.0 Å². The van der Waals surface area contributed by atoms with Crippen molar-refractivity contribution in [1.82, 2.24) is 4.90 Å². The number of hydrogen-bond donors (Lipinski definition) is 0. The van der Waals surface area contributed by atoms with Crippen molar-refractivity contribution >= 4 is 0 Å². The van der Waals surface area contributed by atoms with Crippen LogP contribution in [0.5, 0.6) is 0 Å². The lowest BCUT2D eigenvalue weighted by Crippen LogP contribution is -2.38. The lowest BCUT2D eigenvalue weighted by molar-refractivity contribution is 0.142. The van der Waals surface area contributed by atoms with Gasteiger partial charge >= 0.3 is 0 Å². The van der Waals surface area contributed by atoms with Crippen molar-refractivity contribution < 1.29 is 4.39 Å². The summed E-state index contributed by atoms with van der Waals surface area (Å²) >= 11 is 0. The van der Waals surface area contributed by atoms with Crippen LogP contribution in [0.25, 0.3) is 0 Å². The summed E-state index contributed by atoms with van der Waals surface area (Å²) in [4.78, 5) is 2.17. The van der Waals surface area contributed by atoms with Gasteiger partial charge in [0, 0.05) is 12.5 Å². The Hall–Kier alpha value is -0.620. The molecule has 0 atom stereocenters. The molecule has 0 bridgehead atoms. The third-order valence-electron chi connectivity index (χ3n) is 3.07. The molecule has 0 aromatic heterocycles. The van der Waals surface area contributed by atoms with E-state index in [0.29, 0.717) is 6.54 Å². The standard InChI is InChI=1S/C10H15FN2/c11-10(3-4-10)8-13-5-1-9(7-12)2-6-13/h9H,1-6,8H2. The summed E-state index contributed by atoms with van der Waals surface area (Å²) in [5.74, 6) is 0.214. The van der Waals surface area contributed by atoms with E-state index >= 15 is 0 Å². The Balaban J connectivity index is 1.75. The first kappa shape index (κ1) is 8.96. The maximum absolute atomic E-state index is 13.4. The zero-order chi connectivity index (χ0) is 9.31. The highest BCUT2D eigenvalue weighted by Crippen LogP contribution is 2.40. The van der Waals surface area contributed by atoms with Gasteiger partial charge in [0.05, 0.1) is 6.07 Å². The summed E-state index contributed by atoms with van der Waals surface area (Å²) in [5, 5.41) is 8.68. The second-order valence-electron chi connectivity index (χ2n) is 4.33. The van der Waals surface area contributed by atoms with Gasteiger partial charge in [-0.3, -0.25) is 0 Å². The Bertz CT molecular complexity index is 222. The van der Waals surface area contributed by atoms with Crippen molar-refractivity contribution in [2.45, 2.75) is 31.4 Å². The van der Waals surface area contributed by atoms with Gasteiger partial charge in [-0.2, -0.15) is 5.26 Å². The number of nitriles is 1. The highest BCUT2D eigenvalue weighted by atomic mass is 19.1. The van der Waals surface area contributed by atoms with Gasteiger partial charge in [0.15, 0.2) is 0 Å². The van der Waals surface area contributed by atoms with Gasteiger partial charge in [-0.1, -0.05) is 0 Å². The predicted molar refractivity (Wildman–Crippen MR) is 47.9 cm³/mol. The average molecular weight is 182 g/mol. The number of likely N-dealkylation sites (tertiary alicyclic amines) is 1. The zero-order valence-corrected chi connectivity index (χ0v) is 7.80. The molecule has 2 nitrogen and oxygen atoms in total. The second-order valence-corrected chi connectivity index (χ2v) is 4.33. The Morgan fingerprint density at radius 1 is 1.38 bits per heavy atom. The van der Waals surface area contributed by atoms with Crippen LogP contribution in [0, 0.1) is 17.2 Å². The molecule has 0 N–H and O–H groups in total. The molecular weight excluding hydrogens is 167 g/mol. The van der Waals surface area contributed by atoms with Crippen molar-refractivity contribution in [2.75, 3.05) is 19.6 Å². The molecule has 0 unspecified atom stereocenters. The number of halogens is 1. The van der Waals surface area contributed by atoms with Crippen LogP contribution in [0.4, 0.5) is 4.39 Å². The topological polar surface area (TPSA) is 27.0 Å². The van der Waals surface area contributed by atoms with Crippen LogP contribution in [0.15, 0.2) is 0 Å². The molecule has 0 radical (unpaired) electrons. The lowest BCUT2D eigenvalue weighted by Gasteiger charge is -2.29. The van der Waals surface area contributed by atoms with E-state index < -0.39 is 5.67 Å². The van der Waals surface area contributed by atoms with Gasteiger partial charge in [-0.05, 0) is 38.8 Å². The third kappa shape index (κ3) is 2.19. The van der Waals surface area contributed by atoms with Crippen molar-refractivity contribution in [2.24, 2.45) is 5.92 Å². The quantitative estimate of drug-likeness (QED) is 0.650. The average Bonchev–Trinajstić information content (AvgIpc) is 2.85. The van der Waals surface area contributed by atoms with Gasteiger partial charge in [-0.15, -0.1) is 0 Å². The molecule has 2 aliphatic rings. The molecule has 0 aromatic carbocycles. The Kier molecular flexibility index (Phi) is 2.25. The van der Waals surface area contributed by atoms with E-state index in [1.807, 2.05) is 0 Å². The minimum absolute atomic E-state index is 0.214. The minimum atomic E-state index is -0.862. The normalized spacial score (nSPS) is 28.3. The number of rotatable bonds is 2. The molecule has 0 amide bonds. The molecule has 2 rings (SSSR count). The lowest BCUT2D eigenvalue weighted by atomic mass is 9.98. The summed E-state index contributed by atoms with van der Waals surface area (Å²) in [6.45, 7) is 2.42. The summed E-state index contributed by atoms with van der Waals surface area (Å²) in [5.41, 5.74) is -0.862. The fraction of sp³-hybridized carbons (Fsp3) is 0.900. The molecule has 1 heterocycles. The fourth-order valence-corrected chi connectivity index (χ4v) is 1.91. The van der Waals surface area contributed by atoms with E-state index in [-0.39, 0.29) is 5.92 Å². The SMILES string of the molecule is N#CC1CCN(CC2(F)CC2)CC1. The number of piperidine rings is 1. The first-order chi connectivity index (χ1) is 6.22. The molecule has 3 heteroatoms. The highest BCUT2D eigenvalue weighted by molar-refractivity contribution is 4.98.